The molecule has 0 aromatic carbocycles. The average Bonchev–Trinajstić information content (AvgIpc) is 2.62. The first-order chi connectivity index (χ1) is 14.0. The highest BCUT2D eigenvalue weighted by Crippen LogP contribution is 2.32. The molecule has 30 heavy (non-hydrogen) atoms. The highest BCUT2D eigenvalue weighted by atomic mass is 35.5. The molecule has 0 aliphatic carbocycles. The summed E-state index contributed by atoms with van der Waals surface area (Å²) in [4.78, 5) is 58.6. The van der Waals surface area contributed by atoms with E-state index >= 15 is 0 Å². The summed E-state index contributed by atoms with van der Waals surface area (Å²) in [6, 6.07) is -1.05. The van der Waals surface area contributed by atoms with Crippen molar-refractivity contribution in [2.24, 2.45) is 0 Å². The first-order valence-corrected chi connectivity index (χ1v) is 10.4. The second kappa shape index (κ2) is 12.6. The number of ether oxygens (including phenoxy) is 4. The number of hydrogen-bond donors (Lipinski definition) is 2. The van der Waals surface area contributed by atoms with E-state index in [1.54, 1.807) is 0 Å². The molecule has 170 valence electrons. The van der Waals surface area contributed by atoms with E-state index in [9.17, 15) is 24.0 Å². The number of carbonyl (C=O) groups excluding carboxylic acids is 5. The van der Waals surface area contributed by atoms with Gasteiger partial charge in [-0.2, -0.15) is 0 Å². The maximum absolute atomic E-state index is 12.2. The highest BCUT2D eigenvalue weighted by molar-refractivity contribution is 8.14. The van der Waals surface area contributed by atoms with Gasteiger partial charge in [-0.25, -0.2) is 0 Å². The van der Waals surface area contributed by atoms with E-state index in [0.717, 1.165) is 13.8 Å². The molecule has 0 bridgehead atoms. The molecule has 0 saturated carbocycles. The molecule has 0 unspecified atom stereocenters. The van der Waals surface area contributed by atoms with Gasteiger partial charge in [-0.15, -0.1) is 11.6 Å². The standard InChI is InChI=1S/C17H25ClN2O9S/c1-8(21)20-13-15(28-11(4)24)14(27-10(3)23)12(7-26-9(2)22)29-16(13)30-17(25)19-6-5-18/h12-16H,5-7H2,1-4H3,(H,19,25)(H,20,21)/t12-,13-,14+,15-,16+/m0/s1. The molecule has 2 N–H and O–H groups in total. The maximum Gasteiger partial charge on any atom is 0.303 e. The Morgan fingerprint density at radius 3 is 2.07 bits per heavy atom. The molecule has 11 nitrogen and oxygen atoms in total. The number of hydrogen-bond acceptors (Lipinski definition) is 10. The average molecular weight is 469 g/mol. The van der Waals surface area contributed by atoms with E-state index in [-0.39, 0.29) is 19.0 Å². The van der Waals surface area contributed by atoms with Crippen LogP contribution < -0.4 is 10.6 Å². The lowest BCUT2D eigenvalue weighted by Gasteiger charge is -2.44. The van der Waals surface area contributed by atoms with Gasteiger partial charge in [-0.05, 0) is 11.8 Å². The zero-order chi connectivity index (χ0) is 22.8. The van der Waals surface area contributed by atoms with Crippen molar-refractivity contribution in [2.45, 2.75) is 57.5 Å². The summed E-state index contributed by atoms with van der Waals surface area (Å²) in [5.74, 6) is -2.34. The molecule has 0 radical (unpaired) electrons. The van der Waals surface area contributed by atoms with Crippen molar-refractivity contribution < 1.29 is 42.9 Å². The Kier molecular flexibility index (Phi) is 10.9. The molecule has 1 aliphatic rings. The minimum atomic E-state index is -1.21. The van der Waals surface area contributed by atoms with Crippen LogP contribution in [0, 0.1) is 0 Å². The lowest BCUT2D eigenvalue weighted by atomic mass is 9.97. The summed E-state index contributed by atoms with van der Waals surface area (Å²) in [6.07, 6.45) is -3.47. The van der Waals surface area contributed by atoms with E-state index in [2.05, 4.69) is 10.6 Å². The number of alkyl halides is 1. The smallest absolute Gasteiger partial charge is 0.303 e. The Bertz CT molecular complexity index is 663. The molecule has 0 aromatic rings. The number of thioether (sulfide) groups is 1. The Labute approximate surface area is 182 Å². The van der Waals surface area contributed by atoms with Crippen molar-refractivity contribution in [3.05, 3.63) is 0 Å². The predicted octanol–water partition coefficient (Wildman–Crippen LogP) is 0.324. The van der Waals surface area contributed by atoms with Gasteiger partial charge in [0.1, 0.15) is 24.2 Å². The fourth-order valence-corrected chi connectivity index (χ4v) is 3.75. The zero-order valence-electron chi connectivity index (χ0n) is 17.0. The lowest BCUT2D eigenvalue weighted by molar-refractivity contribution is -0.211. The Morgan fingerprint density at radius 2 is 1.57 bits per heavy atom. The van der Waals surface area contributed by atoms with Crippen LogP contribution in [0.15, 0.2) is 0 Å². The highest BCUT2D eigenvalue weighted by Gasteiger charge is 2.51. The normalized spacial score (nSPS) is 25.6. The van der Waals surface area contributed by atoms with Crippen LogP contribution in [0.2, 0.25) is 0 Å². The molecule has 0 spiro atoms. The fraction of sp³-hybridized carbons (Fsp3) is 0.706. The van der Waals surface area contributed by atoms with Crippen LogP contribution in [0.3, 0.4) is 0 Å². The fourth-order valence-electron chi connectivity index (χ4n) is 2.69. The number of esters is 3. The summed E-state index contributed by atoms with van der Waals surface area (Å²) >= 11 is 6.24. The Balaban J connectivity index is 3.27. The third-order valence-corrected chi connectivity index (χ3v) is 4.84. The van der Waals surface area contributed by atoms with E-state index in [1.165, 1.54) is 13.8 Å². The Morgan fingerprint density at radius 1 is 0.967 bits per heavy atom. The molecule has 0 aromatic heterocycles. The molecule has 13 heteroatoms. The number of amides is 2. The van der Waals surface area contributed by atoms with Crippen molar-refractivity contribution in [1.82, 2.24) is 10.6 Å². The van der Waals surface area contributed by atoms with Crippen LogP contribution >= 0.6 is 23.4 Å². The third-order valence-electron chi connectivity index (χ3n) is 3.66. The van der Waals surface area contributed by atoms with Crippen molar-refractivity contribution in [3.8, 4) is 0 Å². The molecule has 1 heterocycles. The molecular weight excluding hydrogens is 444 g/mol. The zero-order valence-corrected chi connectivity index (χ0v) is 18.5. The van der Waals surface area contributed by atoms with Gasteiger partial charge in [-0.1, -0.05) is 0 Å². The van der Waals surface area contributed by atoms with Crippen LogP contribution in [0.4, 0.5) is 4.79 Å². The lowest BCUT2D eigenvalue weighted by Crippen LogP contribution is -2.65. The minimum Gasteiger partial charge on any atom is -0.463 e. The monoisotopic (exact) mass is 468 g/mol. The molecular formula is C17H25ClN2O9S. The summed E-state index contributed by atoms with van der Waals surface area (Å²) in [7, 11) is 0. The first-order valence-electron chi connectivity index (χ1n) is 8.96. The van der Waals surface area contributed by atoms with Crippen LogP contribution in [-0.4, -0.2) is 77.9 Å². The SMILES string of the molecule is CC(=O)N[C@H]1[C@H](OC(C)=O)[C@H](OC(C)=O)[C@H](COC(C)=O)O[C@@H]1SC(=O)NCCCl. The number of rotatable bonds is 8. The van der Waals surface area contributed by atoms with Crippen molar-refractivity contribution in [2.75, 3.05) is 19.0 Å². The minimum absolute atomic E-state index is 0.187. The molecule has 1 aliphatic heterocycles. The Hall–Kier alpha value is -2.05. The number of nitrogens with one attached hydrogen (secondary N) is 2. The van der Waals surface area contributed by atoms with Crippen molar-refractivity contribution in [1.29, 1.82) is 0 Å². The summed E-state index contributed by atoms with van der Waals surface area (Å²) < 4.78 is 21.4. The van der Waals surface area contributed by atoms with E-state index in [4.69, 9.17) is 30.5 Å². The van der Waals surface area contributed by atoms with Gasteiger partial charge >= 0.3 is 17.9 Å². The van der Waals surface area contributed by atoms with Gasteiger partial charge in [0, 0.05) is 40.1 Å². The first kappa shape index (κ1) is 26.0. The topological polar surface area (TPSA) is 146 Å². The second-order valence-corrected chi connectivity index (χ2v) is 7.69. The van der Waals surface area contributed by atoms with Crippen LogP contribution in [-0.2, 0) is 38.1 Å². The van der Waals surface area contributed by atoms with Crippen molar-refractivity contribution >= 4 is 52.4 Å². The van der Waals surface area contributed by atoms with Crippen LogP contribution in [0.1, 0.15) is 27.7 Å². The van der Waals surface area contributed by atoms with Gasteiger partial charge in [0.25, 0.3) is 5.24 Å². The molecule has 1 fully saturated rings. The van der Waals surface area contributed by atoms with Gasteiger partial charge in [0.15, 0.2) is 12.2 Å². The summed E-state index contributed by atoms with van der Waals surface area (Å²) in [5.41, 5.74) is -1.05. The largest absolute Gasteiger partial charge is 0.463 e. The maximum atomic E-state index is 12.2. The van der Waals surface area contributed by atoms with E-state index in [0.29, 0.717) is 11.8 Å². The van der Waals surface area contributed by atoms with Gasteiger partial charge in [-0.3, -0.25) is 24.0 Å². The third kappa shape index (κ3) is 8.76. The van der Waals surface area contributed by atoms with E-state index < -0.39 is 58.8 Å². The quantitative estimate of drug-likeness (QED) is 0.290. The van der Waals surface area contributed by atoms with Crippen molar-refractivity contribution in [3.63, 3.8) is 0 Å². The second-order valence-electron chi connectivity index (χ2n) is 6.24. The molecule has 2 amide bonds. The number of carbonyl (C=O) groups is 5. The predicted molar refractivity (Wildman–Crippen MR) is 106 cm³/mol. The van der Waals surface area contributed by atoms with Gasteiger partial charge < -0.3 is 29.6 Å². The summed E-state index contributed by atoms with van der Waals surface area (Å²) in [5, 5.41) is 4.60. The van der Waals surface area contributed by atoms with Gasteiger partial charge in [0.2, 0.25) is 5.91 Å². The van der Waals surface area contributed by atoms with Crippen LogP contribution in [0.25, 0.3) is 0 Å². The molecule has 5 atom stereocenters. The van der Waals surface area contributed by atoms with Gasteiger partial charge in [0.05, 0.1) is 0 Å². The molecule has 1 rings (SSSR count). The summed E-state index contributed by atoms with van der Waals surface area (Å²) in [6.45, 7) is 4.55. The molecule has 1 saturated heterocycles. The van der Waals surface area contributed by atoms with Crippen LogP contribution in [0.5, 0.6) is 0 Å². The van der Waals surface area contributed by atoms with E-state index in [1.807, 2.05) is 0 Å². The number of halogens is 1.